The summed E-state index contributed by atoms with van der Waals surface area (Å²) in [4.78, 5) is 14.3. The summed E-state index contributed by atoms with van der Waals surface area (Å²) in [6, 6.07) is 4.40. The maximum Gasteiger partial charge on any atom is 0.329 e. The number of carboxylic acid groups (broad SMARTS) is 1. The lowest BCUT2D eigenvalue weighted by atomic mass is 10.1. The Kier molecular flexibility index (Phi) is 3.86. The highest BCUT2D eigenvalue weighted by atomic mass is 19.1. The smallest absolute Gasteiger partial charge is 0.329 e. The van der Waals surface area contributed by atoms with Gasteiger partial charge in [0.25, 0.3) is 5.89 Å². The molecule has 0 radical (unpaired) electrons. The fourth-order valence-corrected chi connectivity index (χ4v) is 1.52. The monoisotopic (exact) mass is 266 g/mol. The number of halogens is 1. The Labute approximate surface area is 107 Å². The largest absolute Gasteiger partial charge is 0.480 e. The summed E-state index contributed by atoms with van der Waals surface area (Å²) in [7, 11) is 0. The van der Waals surface area contributed by atoms with Gasteiger partial charge in [-0.2, -0.15) is 4.98 Å². The van der Waals surface area contributed by atoms with Crippen LogP contribution >= 0.6 is 0 Å². The molecule has 1 aromatic heterocycles. The molecule has 2 rings (SSSR count). The number of nitrogens with zero attached hydrogens (tertiary/aromatic N) is 2. The van der Waals surface area contributed by atoms with Crippen molar-refractivity contribution in [3.63, 3.8) is 0 Å². The van der Waals surface area contributed by atoms with Crippen LogP contribution in [0.3, 0.4) is 0 Å². The lowest BCUT2D eigenvalue weighted by Gasteiger charge is -1.97. The first-order valence-electron chi connectivity index (χ1n) is 5.44. The SMILES string of the molecule is Cc1cc(F)cc(-c2noc(COCC(=O)O)n2)c1. The maximum absolute atomic E-state index is 13.2. The van der Waals surface area contributed by atoms with Crippen molar-refractivity contribution in [1.82, 2.24) is 10.1 Å². The van der Waals surface area contributed by atoms with Crippen molar-refractivity contribution >= 4 is 5.97 Å². The van der Waals surface area contributed by atoms with Gasteiger partial charge in [0.1, 0.15) is 19.0 Å². The average molecular weight is 266 g/mol. The van der Waals surface area contributed by atoms with Gasteiger partial charge in [0.15, 0.2) is 0 Å². The Morgan fingerprint density at radius 2 is 2.26 bits per heavy atom. The molecular formula is C12H11FN2O4. The van der Waals surface area contributed by atoms with Crippen LogP contribution in [0.4, 0.5) is 4.39 Å². The van der Waals surface area contributed by atoms with Crippen LogP contribution in [0.1, 0.15) is 11.5 Å². The number of rotatable bonds is 5. The van der Waals surface area contributed by atoms with E-state index in [4.69, 9.17) is 14.4 Å². The second-order valence-corrected chi connectivity index (χ2v) is 3.92. The van der Waals surface area contributed by atoms with E-state index in [9.17, 15) is 9.18 Å². The second-order valence-electron chi connectivity index (χ2n) is 3.92. The molecule has 0 aliphatic carbocycles. The molecule has 0 atom stereocenters. The molecule has 0 aliphatic heterocycles. The van der Waals surface area contributed by atoms with E-state index in [1.54, 1.807) is 13.0 Å². The summed E-state index contributed by atoms with van der Waals surface area (Å²) in [6.07, 6.45) is 0. The van der Waals surface area contributed by atoms with E-state index in [-0.39, 0.29) is 24.1 Å². The summed E-state index contributed by atoms with van der Waals surface area (Å²) >= 11 is 0. The Morgan fingerprint density at radius 3 is 2.95 bits per heavy atom. The number of aliphatic carboxylic acids is 1. The zero-order valence-corrected chi connectivity index (χ0v) is 10.1. The minimum Gasteiger partial charge on any atom is -0.480 e. The van der Waals surface area contributed by atoms with E-state index in [1.165, 1.54) is 12.1 Å². The number of aromatic nitrogens is 2. The molecule has 6 nitrogen and oxygen atoms in total. The molecule has 0 bridgehead atoms. The van der Waals surface area contributed by atoms with E-state index in [0.717, 1.165) is 5.56 Å². The van der Waals surface area contributed by atoms with Crippen molar-refractivity contribution in [2.75, 3.05) is 6.61 Å². The minimum absolute atomic E-state index is 0.104. The fraction of sp³-hybridized carbons (Fsp3) is 0.250. The van der Waals surface area contributed by atoms with Crippen LogP contribution in [0.2, 0.25) is 0 Å². The number of carbonyl (C=O) groups is 1. The summed E-state index contributed by atoms with van der Waals surface area (Å²) in [5.41, 5.74) is 1.23. The highest BCUT2D eigenvalue weighted by molar-refractivity contribution is 5.67. The van der Waals surface area contributed by atoms with Crippen molar-refractivity contribution in [1.29, 1.82) is 0 Å². The predicted octanol–water partition coefficient (Wildman–Crippen LogP) is 1.79. The summed E-state index contributed by atoms with van der Waals surface area (Å²) in [6.45, 7) is 1.20. The van der Waals surface area contributed by atoms with Gasteiger partial charge in [0.2, 0.25) is 5.82 Å². The van der Waals surface area contributed by atoms with Gasteiger partial charge in [-0.1, -0.05) is 5.16 Å². The molecule has 100 valence electrons. The summed E-state index contributed by atoms with van der Waals surface area (Å²) in [5.74, 6) is -1.10. The first-order chi connectivity index (χ1) is 9.04. The third kappa shape index (κ3) is 3.59. The van der Waals surface area contributed by atoms with Gasteiger partial charge >= 0.3 is 5.97 Å². The standard InChI is InChI=1S/C12H11FN2O4/c1-7-2-8(4-9(13)3-7)12-14-10(19-15-12)5-18-6-11(16)17/h2-4H,5-6H2,1H3,(H,16,17). The molecule has 0 saturated heterocycles. The number of aryl methyl sites for hydroxylation is 1. The zero-order chi connectivity index (χ0) is 13.8. The van der Waals surface area contributed by atoms with Crippen molar-refractivity contribution < 1.29 is 23.6 Å². The van der Waals surface area contributed by atoms with Crippen molar-refractivity contribution in [2.45, 2.75) is 13.5 Å². The van der Waals surface area contributed by atoms with Gasteiger partial charge in [-0.3, -0.25) is 0 Å². The van der Waals surface area contributed by atoms with Crippen LogP contribution in [-0.4, -0.2) is 27.8 Å². The molecule has 0 saturated carbocycles. The molecule has 1 aromatic carbocycles. The molecular weight excluding hydrogens is 255 g/mol. The molecule has 1 heterocycles. The highest BCUT2D eigenvalue weighted by Crippen LogP contribution is 2.19. The third-order valence-corrected chi connectivity index (χ3v) is 2.22. The van der Waals surface area contributed by atoms with E-state index in [1.807, 2.05) is 0 Å². The molecule has 0 spiro atoms. The van der Waals surface area contributed by atoms with Crippen LogP contribution < -0.4 is 0 Å². The van der Waals surface area contributed by atoms with Crippen LogP contribution in [0.25, 0.3) is 11.4 Å². The van der Waals surface area contributed by atoms with Crippen LogP contribution in [-0.2, 0) is 16.1 Å². The van der Waals surface area contributed by atoms with Gasteiger partial charge in [-0.25, -0.2) is 9.18 Å². The average Bonchev–Trinajstić information content (AvgIpc) is 2.76. The first-order valence-corrected chi connectivity index (χ1v) is 5.44. The van der Waals surface area contributed by atoms with Gasteiger partial charge in [0.05, 0.1) is 0 Å². The molecule has 2 aromatic rings. The Bertz CT molecular complexity index is 577. The number of hydrogen-bond acceptors (Lipinski definition) is 5. The summed E-state index contributed by atoms with van der Waals surface area (Å²) < 4.78 is 22.9. The van der Waals surface area contributed by atoms with Gasteiger partial charge in [-0.05, 0) is 30.7 Å². The second kappa shape index (κ2) is 5.57. The van der Waals surface area contributed by atoms with E-state index in [0.29, 0.717) is 5.56 Å². The van der Waals surface area contributed by atoms with Crippen LogP contribution in [0, 0.1) is 12.7 Å². The molecule has 0 fully saturated rings. The van der Waals surface area contributed by atoms with E-state index >= 15 is 0 Å². The van der Waals surface area contributed by atoms with E-state index in [2.05, 4.69) is 10.1 Å². The highest BCUT2D eigenvalue weighted by Gasteiger charge is 2.10. The quantitative estimate of drug-likeness (QED) is 0.887. The summed E-state index contributed by atoms with van der Waals surface area (Å²) in [5, 5.41) is 12.1. The Morgan fingerprint density at radius 1 is 1.47 bits per heavy atom. The van der Waals surface area contributed by atoms with Crippen molar-refractivity contribution in [3.05, 3.63) is 35.5 Å². The molecule has 19 heavy (non-hydrogen) atoms. The number of benzene rings is 1. The number of hydrogen-bond donors (Lipinski definition) is 1. The predicted molar refractivity (Wildman–Crippen MR) is 61.7 cm³/mol. The Balaban J connectivity index is 2.09. The lowest BCUT2D eigenvalue weighted by Crippen LogP contribution is -2.06. The van der Waals surface area contributed by atoms with E-state index < -0.39 is 12.6 Å². The van der Waals surface area contributed by atoms with Gasteiger partial charge < -0.3 is 14.4 Å². The maximum atomic E-state index is 13.2. The topological polar surface area (TPSA) is 85.5 Å². The van der Waals surface area contributed by atoms with Gasteiger partial charge in [-0.15, -0.1) is 0 Å². The molecule has 1 N–H and O–H groups in total. The minimum atomic E-state index is -1.08. The lowest BCUT2D eigenvalue weighted by molar-refractivity contribution is -0.142. The Hall–Kier alpha value is -2.28. The molecule has 7 heteroatoms. The molecule has 0 unspecified atom stereocenters. The van der Waals surface area contributed by atoms with Crippen molar-refractivity contribution in [3.8, 4) is 11.4 Å². The molecule has 0 amide bonds. The van der Waals surface area contributed by atoms with Crippen LogP contribution in [0.15, 0.2) is 22.7 Å². The third-order valence-electron chi connectivity index (χ3n) is 2.22. The zero-order valence-electron chi connectivity index (χ0n) is 10.1. The van der Waals surface area contributed by atoms with Crippen molar-refractivity contribution in [2.24, 2.45) is 0 Å². The number of ether oxygens (including phenoxy) is 1. The number of carboxylic acids is 1. The fourth-order valence-electron chi connectivity index (χ4n) is 1.52. The first kappa shape index (κ1) is 13.2. The normalized spacial score (nSPS) is 10.6. The van der Waals surface area contributed by atoms with Gasteiger partial charge in [0, 0.05) is 5.56 Å². The molecule has 0 aliphatic rings. The van der Waals surface area contributed by atoms with Crippen LogP contribution in [0.5, 0.6) is 0 Å².